The summed E-state index contributed by atoms with van der Waals surface area (Å²) in [5, 5.41) is 6.87. The van der Waals surface area contributed by atoms with Crippen LogP contribution < -0.4 is 0 Å². The van der Waals surface area contributed by atoms with Crippen LogP contribution in [0.15, 0.2) is 33.6 Å². The molecule has 2 heterocycles. The molecule has 0 aliphatic carbocycles. The van der Waals surface area contributed by atoms with Crippen molar-refractivity contribution in [3.05, 3.63) is 41.1 Å². The number of rotatable bonds is 3. The van der Waals surface area contributed by atoms with Gasteiger partial charge in [0.05, 0.1) is 4.90 Å². The average Bonchev–Trinajstić information content (AvgIpc) is 3.06. The summed E-state index contributed by atoms with van der Waals surface area (Å²) in [6, 6.07) is 5.80. The molecule has 1 aromatic heterocycles. The van der Waals surface area contributed by atoms with E-state index >= 15 is 0 Å². The molecule has 0 amide bonds. The number of piperidine rings is 1. The van der Waals surface area contributed by atoms with Crippen LogP contribution in [0.1, 0.15) is 30.5 Å². The molecule has 25 heavy (non-hydrogen) atoms. The SMILES string of the molecule is O=S(=O)(c1ccc(Cl)cc1)N1CCC(c2nnc(C(F)(F)F)o2)CC1. The lowest BCUT2D eigenvalue weighted by atomic mass is 9.98. The van der Waals surface area contributed by atoms with Gasteiger partial charge in [-0.3, -0.25) is 0 Å². The largest absolute Gasteiger partial charge is 0.470 e. The number of sulfonamides is 1. The van der Waals surface area contributed by atoms with Crippen molar-refractivity contribution in [2.75, 3.05) is 13.1 Å². The molecule has 1 fully saturated rings. The van der Waals surface area contributed by atoms with Gasteiger partial charge in [0.25, 0.3) is 0 Å². The van der Waals surface area contributed by atoms with Crippen LogP contribution in [-0.2, 0) is 16.2 Å². The summed E-state index contributed by atoms with van der Waals surface area (Å²) in [5.74, 6) is -1.91. The first-order chi connectivity index (χ1) is 11.7. The molecule has 0 atom stereocenters. The number of hydrogen-bond acceptors (Lipinski definition) is 5. The minimum atomic E-state index is -4.69. The maximum absolute atomic E-state index is 12.6. The highest BCUT2D eigenvalue weighted by Gasteiger charge is 2.39. The van der Waals surface area contributed by atoms with Gasteiger partial charge in [-0.2, -0.15) is 17.5 Å². The molecule has 0 saturated carbocycles. The number of benzene rings is 1. The molecule has 3 rings (SSSR count). The normalized spacial score (nSPS) is 17.8. The van der Waals surface area contributed by atoms with Crippen LogP contribution in [0.2, 0.25) is 5.02 Å². The van der Waals surface area contributed by atoms with Crippen molar-refractivity contribution in [3.63, 3.8) is 0 Å². The van der Waals surface area contributed by atoms with Crippen molar-refractivity contribution < 1.29 is 26.0 Å². The van der Waals surface area contributed by atoms with Crippen LogP contribution in [0, 0.1) is 0 Å². The highest BCUT2D eigenvalue weighted by atomic mass is 35.5. The molecule has 0 bridgehead atoms. The molecule has 0 N–H and O–H groups in total. The van der Waals surface area contributed by atoms with Crippen LogP contribution in [0.5, 0.6) is 0 Å². The van der Waals surface area contributed by atoms with Gasteiger partial charge in [-0.25, -0.2) is 8.42 Å². The number of alkyl halides is 3. The first kappa shape index (κ1) is 18.2. The molecule has 1 aromatic carbocycles. The second kappa shape index (κ2) is 6.58. The standard InChI is InChI=1S/C14H13ClF3N3O3S/c15-10-1-3-11(4-2-10)25(22,23)21-7-5-9(6-8-21)12-19-20-13(24-12)14(16,17)18/h1-4,9H,5-8H2. The predicted octanol–water partition coefficient (Wildman–Crippen LogP) is 3.31. The van der Waals surface area contributed by atoms with Crippen molar-refractivity contribution in [3.8, 4) is 0 Å². The maximum atomic E-state index is 12.6. The van der Waals surface area contributed by atoms with Gasteiger partial charge in [0.2, 0.25) is 15.9 Å². The summed E-state index contributed by atoms with van der Waals surface area (Å²) < 4.78 is 68.6. The third-order valence-corrected chi connectivity index (χ3v) is 6.10. The van der Waals surface area contributed by atoms with E-state index < -0.39 is 28.0 Å². The van der Waals surface area contributed by atoms with E-state index in [-0.39, 0.29) is 23.9 Å². The summed E-state index contributed by atoms with van der Waals surface area (Å²) >= 11 is 5.76. The minimum absolute atomic E-state index is 0.115. The molecular weight excluding hydrogens is 383 g/mol. The quantitative estimate of drug-likeness (QED) is 0.796. The summed E-state index contributed by atoms with van der Waals surface area (Å²) in [5.41, 5.74) is 0. The van der Waals surface area contributed by atoms with Crippen molar-refractivity contribution in [1.29, 1.82) is 0 Å². The average molecular weight is 396 g/mol. The number of hydrogen-bond donors (Lipinski definition) is 0. The van der Waals surface area contributed by atoms with Crippen molar-refractivity contribution >= 4 is 21.6 Å². The number of nitrogens with zero attached hydrogens (tertiary/aromatic N) is 3. The van der Waals surface area contributed by atoms with Crippen molar-refractivity contribution in [1.82, 2.24) is 14.5 Å². The van der Waals surface area contributed by atoms with Gasteiger partial charge < -0.3 is 4.42 Å². The maximum Gasteiger partial charge on any atom is 0.470 e. The zero-order chi connectivity index (χ0) is 18.2. The molecule has 0 unspecified atom stereocenters. The highest BCUT2D eigenvalue weighted by molar-refractivity contribution is 7.89. The fourth-order valence-electron chi connectivity index (χ4n) is 2.61. The predicted molar refractivity (Wildman–Crippen MR) is 81.5 cm³/mol. The Hall–Kier alpha value is -1.65. The molecular formula is C14H13ClF3N3O3S. The Labute approximate surface area is 146 Å². The lowest BCUT2D eigenvalue weighted by Gasteiger charge is -2.29. The Bertz CT molecular complexity index is 844. The van der Waals surface area contributed by atoms with Gasteiger partial charge in [-0.15, -0.1) is 10.2 Å². The van der Waals surface area contributed by atoms with E-state index in [0.29, 0.717) is 17.9 Å². The fourth-order valence-corrected chi connectivity index (χ4v) is 4.21. The Morgan fingerprint density at radius 3 is 2.24 bits per heavy atom. The van der Waals surface area contributed by atoms with E-state index in [1.54, 1.807) is 0 Å². The Morgan fingerprint density at radius 2 is 1.72 bits per heavy atom. The number of aromatic nitrogens is 2. The van der Waals surface area contributed by atoms with E-state index in [4.69, 9.17) is 11.6 Å². The summed E-state index contributed by atoms with van der Waals surface area (Å²) in [4.78, 5) is 0.118. The van der Waals surface area contributed by atoms with Crippen LogP contribution in [0.4, 0.5) is 13.2 Å². The summed E-state index contributed by atoms with van der Waals surface area (Å²) in [6.45, 7) is 0.304. The van der Waals surface area contributed by atoms with E-state index in [1.165, 1.54) is 28.6 Å². The van der Waals surface area contributed by atoms with Gasteiger partial charge in [0.1, 0.15) is 0 Å². The first-order valence-corrected chi connectivity index (χ1v) is 9.16. The molecule has 6 nitrogen and oxygen atoms in total. The zero-order valence-electron chi connectivity index (χ0n) is 12.7. The van der Waals surface area contributed by atoms with Crippen LogP contribution in [-0.4, -0.2) is 36.0 Å². The van der Waals surface area contributed by atoms with Gasteiger partial charge in [0.15, 0.2) is 0 Å². The van der Waals surface area contributed by atoms with Gasteiger partial charge in [-0.05, 0) is 37.1 Å². The zero-order valence-corrected chi connectivity index (χ0v) is 14.3. The fraction of sp³-hybridized carbons (Fsp3) is 0.429. The molecule has 0 radical (unpaired) electrons. The topological polar surface area (TPSA) is 76.3 Å². The molecule has 0 spiro atoms. The van der Waals surface area contributed by atoms with Crippen LogP contribution in [0.3, 0.4) is 0 Å². The Balaban J connectivity index is 1.69. The lowest BCUT2D eigenvalue weighted by molar-refractivity contribution is -0.157. The van der Waals surface area contributed by atoms with Gasteiger partial charge in [-0.1, -0.05) is 11.6 Å². The van der Waals surface area contributed by atoms with E-state index in [0.717, 1.165) is 0 Å². The lowest BCUT2D eigenvalue weighted by Crippen LogP contribution is -2.37. The first-order valence-electron chi connectivity index (χ1n) is 7.34. The highest BCUT2D eigenvalue weighted by Crippen LogP contribution is 2.33. The molecule has 2 aromatic rings. The second-order valence-corrected chi connectivity index (χ2v) is 7.95. The summed E-state index contributed by atoms with van der Waals surface area (Å²) in [6.07, 6.45) is -4.09. The Morgan fingerprint density at radius 1 is 1.12 bits per heavy atom. The Kier molecular flexibility index (Phi) is 4.78. The van der Waals surface area contributed by atoms with Crippen molar-refractivity contribution in [2.24, 2.45) is 0 Å². The van der Waals surface area contributed by atoms with Gasteiger partial charge in [0, 0.05) is 24.0 Å². The van der Waals surface area contributed by atoms with Crippen LogP contribution in [0.25, 0.3) is 0 Å². The third kappa shape index (κ3) is 3.80. The molecule has 136 valence electrons. The smallest absolute Gasteiger partial charge is 0.417 e. The molecule has 1 aliphatic heterocycles. The van der Waals surface area contributed by atoms with Crippen LogP contribution >= 0.6 is 11.6 Å². The number of halogens is 4. The minimum Gasteiger partial charge on any atom is -0.417 e. The third-order valence-electron chi connectivity index (χ3n) is 3.94. The van der Waals surface area contributed by atoms with E-state index in [1.807, 2.05) is 0 Å². The summed E-state index contributed by atoms with van der Waals surface area (Å²) in [7, 11) is -3.67. The van der Waals surface area contributed by atoms with E-state index in [2.05, 4.69) is 14.6 Å². The van der Waals surface area contributed by atoms with E-state index in [9.17, 15) is 21.6 Å². The molecule has 1 aliphatic rings. The second-order valence-electron chi connectivity index (χ2n) is 5.58. The van der Waals surface area contributed by atoms with Gasteiger partial charge >= 0.3 is 12.1 Å². The monoisotopic (exact) mass is 395 g/mol. The van der Waals surface area contributed by atoms with Crippen molar-refractivity contribution in [2.45, 2.75) is 29.8 Å². The molecule has 1 saturated heterocycles. The molecule has 11 heteroatoms.